The Morgan fingerprint density at radius 2 is 2.26 bits per heavy atom. The highest BCUT2D eigenvalue weighted by molar-refractivity contribution is 5.82. The molecule has 0 amide bonds. The van der Waals surface area contributed by atoms with Crippen molar-refractivity contribution in [2.24, 2.45) is 5.92 Å². The lowest BCUT2D eigenvalue weighted by molar-refractivity contribution is 0.0931. The van der Waals surface area contributed by atoms with Crippen LogP contribution in [0.2, 0.25) is 0 Å². The Morgan fingerprint density at radius 1 is 1.37 bits per heavy atom. The monoisotopic (exact) mass is 256 g/mol. The molecule has 2 aromatic rings. The van der Waals surface area contributed by atoms with Gasteiger partial charge in [0.15, 0.2) is 0 Å². The summed E-state index contributed by atoms with van der Waals surface area (Å²) in [5.41, 5.74) is 3.36. The van der Waals surface area contributed by atoms with Crippen molar-refractivity contribution < 1.29 is 4.74 Å². The first-order valence-corrected chi connectivity index (χ1v) is 6.96. The van der Waals surface area contributed by atoms with Crippen LogP contribution in [0.1, 0.15) is 17.7 Å². The van der Waals surface area contributed by atoms with Gasteiger partial charge in [0.2, 0.25) is 0 Å². The summed E-state index contributed by atoms with van der Waals surface area (Å²) in [6.45, 7) is 5.79. The maximum absolute atomic E-state index is 5.90. The van der Waals surface area contributed by atoms with Gasteiger partial charge >= 0.3 is 0 Å². The number of nitrogens with one attached hydrogen (secondary N) is 1. The molecule has 3 nitrogen and oxygen atoms in total. The Balaban J connectivity index is 1.72. The number of ether oxygens (including phenoxy) is 1. The fraction of sp³-hybridized carbons (Fsp3) is 0.438. The average Bonchev–Trinajstić information content (AvgIpc) is 2.91. The van der Waals surface area contributed by atoms with Gasteiger partial charge in [-0.25, -0.2) is 0 Å². The molecule has 100 valence electrons. The molecule has 1 N–H and O–H groups in total. The Morgan fingerprint density at radius 3 is 3.11 bits per heavy atom. The van der Waals surface area contributed by atoms with Gasteiger partial charge in [0, 0.05) is 17.6 Å². The zero-order valence-electron chi connectivity index (χ0n) is 11.4. The minimum absolute atomic E-state index is 0.675. The fourth-order valence-corrected chi connectivity index (χ4v) is 2.71. The molecule has 0 saturated carbocycles. The van der Waals surface area contributed by atoms with E-state index in [1.54, 1.807) is 0 Å². The molecule has 1 atom stereocenters. The minimum Gasteiger partial charge on any atom is -0.376 e. The summed E-state index contributed by atoms with van der Waals surface area (Å²) < 4.78 is 5.90. The second-order valence-corrected chi connectivity index (χ2v) is 5.31. The van der Waals surface area contributed by atoms with Gasteiger partial charge in [-0.3, -0.25) is 4.98 Å². The lowest BCUT2D eigenvalue weighted by atomic mass is 10.1. The van der Waals surface area contributed by atoms with E-state index in [2.05, 4.69) is 34.6 Å². The molecule has 3 heteroatoms. The first-order chi connectivity index (χ1) is 9.33. The van der Waals surface area contributed by atoms with Crippen LogP contribution in [0, 0.1) is 12.8 Å². The van der Waals surface area contributed by atoms with E-state index < -0.39 is 0 Å². The van der Waals surface area contributed by atoms with Crippen LogP contribution in [0.4, 0.5) is 0 Å². The highest BCUT2D eigenvalue weighted by Gasteiger charge is 2.14. The van der Waals surface area contributed by atoms with Crippen LogP contribution in [0.3, 0.4) is 0 Å². The normalized spacial score (nSPS) is 19.1. The van der Waals surface area contributed by atoms with Crippen molar-refractivity contribution >= 4 is 10.9 Å². The standard InChI is InChI=1S/C16H20N2O/c1-12-8-14(11-19-10-13-6-7-17-9-13)15-4-2-3-5-16(15)18-12/h2-5,8,13,17H,6-7,9-11H2,1H3. The van der Waals surface area contributed by atoms with Gasteiger partial charge < -0.3 is 10.1 Å². The topological polar surface area (TPSA) is 34.1 Å². The predicted molar refractivity (Wildman–Crippen MR) is 77.1 cm³/mol. The highest BCUT2D eigenvalue weighted by atomic mass is 16.5. The summed E-state index contributed by atoms with van der Waals surface area (Å²) in [7, 11) is 0. The number of rotatable bonds is 4. The van der Waals surface area contributed by atoms with Crippen molar-refractivity contribution in [3.8, 4) is 0 Å². The van der Waals surface area contributed by atoms with Crippen LogP contribution in [0.25, 0.3) is 10.9 Å². The van der Waals surface area contributed by atoms with Gasteiger partial charge in [-0.1, -0.05) is 18.2 Å². The number of benzene rings is 1. The van der Waals surface area contributed by atoms with E-state index in [-0.39, 0.29) is 0 Å². The largest absolute Gasteiger partial charge is 0.376 e. The van der Waals surface area contributed by atoms with E-state index in [1.165, 1.54) is 17.4 Å². The van der Waals surface area contributed by atoms with E-state index in [1.807, 2.05) is 13.0 Å². The number of aromatic nitrogens is 1. The van der Waals surface area contributed by atoms with Crippen molar-refractivity contribution in [3.05, 3.63) is 41.6 Å². The Hall–Kier alpha value is -1.45. The molecule has 0 aliphatic carbocycles. The molecule has 1 unspecified atom stereocenters. The molecule has 0 bridgehead atoms. The summed E-state index contributed by atoms with van der Waals surface area (Å²) in [4.78, 5) is 4.56. The molecule has 0 spiro atoms. The summed E-state index contributed by atoms with van der Waals surface area (Å²) >= 11 is 0. The molecule has 1 aromatic heterocycles. The number of aryl methyl sites for hydroxylation is 1. The first-order valence-electron chi connectivity index (χ1n) is 6.96. The smallest absolute Gasteiger partial charge is 0.0724 e. The number of para-hydroxylation sites is 1. The number of pyridine rings is 1. The van der Waals surface area contributed by atoms with Crippen LogP contribution in [0.5, 0.6) is 0 Å². The Bertz CT molecular complexity index is 562. The molecular formula is C16H20N2O. The maximum atomic E-state index is 5.90. The quantitative estimate of drug-likeness (QED) is 0.913. The molecule has 3 rings (SSSR count). The summed E-state index contributed by atoms with van der Waals surface area (Å²) in [6, 6.07) is 10.4. The van der Waals surface area contributed by atoms with Crippen LogP contribution in [-0.4, -0.2) is 24.7 Å². The van der Waals surface area contributed by atoms with E-state index in [9.17, 15) is 0 Å². The van der Waals surface area contributed by atoms with E-state index in [0.29, 0.717) is 12.5 Å². The van der Waals surface area contributed by atoms with Gasteiger partial charge in [-0.2, -0.15) is 0 Å². The Kier molecular flexibility index (Phi) is 3.76. The van der Waals surface area contributed by atoms with Crippen molar-refractivity contribution in [3.63, 3.8) is 0 Å². The predicted octanol–water partition coefficient (Wildman–Crippen LogP) is 2.67. The molecule has 19 heavy (non-hydrogen) atoms. The van der Waals surface area contributed by atoms with Crippen molar-refractivity contribution in [1.29, 1.82) is 0 Å². The molecule has 2 heterocycles. The third-order valence-corrected chi connectivity index (χ3v) is 3.70. The summed E-state index contributed by atoms with van der Waals surface area (Å²) in [5, 5.41) is 4.58. The van der Waals surface area contributed by atoms with Crippen LogP contribution in [0.15, 0.2) is 30.3 Å². The third kappa shape index (κ3) is 2.94. The second kappa shape index (κ2) is 5.68. The zero-order valence-corrected chi connectivity index (χ0v) is 11.4. The average molecular weight is 256 g/mol. The molecule has 1 aliphatic rings. The fourth-order valence-electron chi connectivity index (χ4n) is 2.71. The van der Waals surface area contributed by atoms with Crippen molar-refractivity contribution in [2.75, 3.05) is 19.7 Å². The summed E-state index contributed by atoms with van der Waals surface area (Å²) in [5.74, 6) is 0.675. The van der Waals surface area contributed by atoms with Gasteiger partial charge in [0.1, 0.15) is 0 Å². The van der Waals surface area contributed by atoms with Crippen LogP contribution in [-0.2, 0) is 11.3 Å². The second-order valence-electron chi connectivity index (χ2n) is 5.31. The number of hydrogen-bond donors (Lipinski definition) is 1. The van der Waals surface area contributed by atoms with Crippen molar-refractivity contribution in [1.82, 2.24) is 10.3 Å². The number of hydrogen-bond acceptors (Lipinski definition) is 3. The SMILES string of the molecule is Cc1cc(COCC2CCNC2)c2ccccc2n1. The lowest BCUT2D eigenvalue weighted by Gasteiger charge is -2.11. The van der Waals surface area contributed by atoms with E-state index in [4.69, 9.17) is 4.74 Å². The Labute approximate surface area is 114 Å². The molecule has 1 aromatic carbocycles. The van der Waals surface area contributed by atoms with Crippen LogP contribution >= 0.6 is 0 Å². The zero-order chi connectivity index (χ0) is 13.1. The minimum atomic E-state index is 0.675. The van der Waals surface area contributed by atoms with Gasteiger partial charge in [-0.05, 0) is 43.5 Å². The van der Waals surface area contributed by atoms with Gasteiger partial charge in [-0.15, -0.1) is 0 Å². The molecule has 1 saturated heterocycles. The maximum Gasteiger partial charge on any atom is 0.0724 e. The molecule has 1 aliphatic heterocycles. The van der Waals surface area contributed by atoms with E-state index in [0.717, 1.165) is 30.9 Å². The van der Waals surface area contributed by atoms with Gasteiger partial charge in [0.25, 0.3) is 0 Å². The van der Waals surface area contributed by atoms with Crippen LogP contribution < -0.4 is 5.32 Å². The third-order valence-electron chi connectivity index (χ3n) is 3.70. The lowest BCUT2D eigenvalue weighted by Crippen LogP contribution is -2.13. The number of nitrogens with zero attached hydrogens (tertiary/aromatic N) is 1. The first kappa shape index (κ1) is 12.6. The molecule has 1 fully saturated rings. The highest BCUT2D eigenvalue weighted by Crippen LogP contribution is 2.19. The van der Waals surface area contributed by atoms with Crippen molar-refractivity contribution in [2.45, 2.75) is 20.0 Å². The van der Waals surface area contributed by atoms with E-state index >= 15 is 0 Å². The molecule has 0 radical (unpaired) electrons. The van der Waals surface area contributed by atoms with Gasteiger partial charge in [0.05, 0.1) is 18.7 Å². The molecular weight excluding hydrogens is 236 g/mol. The summed E-state index contributed by atoms with van der Waals surface area (Å²) in [6.07, 6.45) is 1.23. The number of fused-ring (bicyclic) bond motifs is 1.